The Kier molecular flexibility index (Phi) is 2.63. The van der Waals surface area contributed by atoms with Crippen LogP contribution < -0.4 is 0 Å². The molecule has 0 saturated heterocycles. The molecule has 0 atom stereocenters. The minimum absolute atomic E-state index is 1.21. The predicted octanol–water partition coefficient (Wildman–Crippen LogP) is 2.17. The van der Waals surface area contributed by atoms with Gasteiger partial charge in [-0.15, -0.1) is 0 Å². The average molecular weight is 114 g/mol. The normalized spacial score (nSPS) is 17.7. The Labute approximate surface area is 66.2 Å². The Hall–Kier alpha value is 0.0774. The summed E-state index contributed by atoms with van der Waals surface area (Å²) in [5.74, 6) is 0. The summed E-state index contributed by atoms with van der Waals surface area (Å²) in [6.45, 7) is 2.23. The number of allylic oxidation sites excluding steroid dienone is 4. The quantitative estimate of drug-likeness (QED) is 0.482. The van der Waals surface area contributed by atoms with Gasteiger partial charge in [-0.2, -0.15) is 0 Å². The molecule has 0 aromatic carbocycles. The zero-order valence-corrected chi connectivity index (χ0v) is 6.28. The van der Waals surface area contributed by atoms with Crippen molar-refractivity contribution in [3.05, 3.63) is 22.0 Å². The van der Waals surface area contributed by atoms with E-state index < -0.39 is 0 Å². The summed E-state index contributed by atoms with van der Waals surface area (Å²) in [6, 6.07) is 0. The molecule has 0 saturated carbocycles. The Morgan fingerprint density at radius 1 is 1.67 bits per heavy atom. The van der Waals surface area contributed by atoms with Gasteiger partial charge in [0.25, 0.3) is 0 Å². The second kappa shape index (κ2) is 3.30. The first-order valence-corrected chi connectivity index (χ1v) is 3.69. The second-order valence-electron chi connectivity index (χ2n) is 2.64. The van der Waals surface area contributed by atoms with Gasteiger partial charge >= 0.3 is 65.9 Å². The summed E-state index contributed by atoms with van der Waals surface area (Å²) in [5.41, 5.74) is 1.64. The fourth-order valence-electron chi connectivity index (χ4n) is 1.26. The molecule has 1 aliphatic rings. The maximum atomic E-state index is 2.25. The van der Waals surface area contributed by atoms with E-state index in [-0.39, 0.29) is 0 Å². The Bertz CT molecular complexity index is 154. The number of hydrogen-bond acceptors (Lipinski definition) is 0. The third kappa shape index (κ3) is 1.74. The second-order valence-corrected chi connectivity index (χ2v) is 2.64. The van der Waals surface area contributed by atoms with E-state index >= 15 is 0 Å². The molecule has 0 bridgehead atoms. The van der Waals surface area contributed by atoms with Crippen molar-refractivity contribution in [1.82, 2.24) is 0 Å². The zero-order valence-electron chi connectivity index (χ0n) is 6.28. The molecule has 0 unspecified atom stereocenters. The van der Waals surface area contributed by atoms with E-state index in [1.54, 1.807) is 5.57 Å². The fraction of sp³-hybridized carbons (Fsp3) is 0.500. The maximum absolute atomic E-state index is 2.25. The molecule has 0 fully saturated rings. The summed E-state index contributed by atoms with van der Waals surface area (Å²) >= 11 is 2.20. The molecule has 1 aliphatic carbocycles. The zero-order chi connectivity index (χ0) is 6.69. The summed E-state index contributed by atoms with van der Waals surface area (Å²) in [5, 5.41) is 0. The summed E-state index contributed by atoms with van der Waals surface area (Å²) in [6.07, 6.45) is 8.26. The Balaban J connectivity index is 2.51. The van der Waals surface area contributed by atoms with Gasteiger partial charge in [-0.1, -0.05) is 0 Å². The van der Waals surface area contributed by atoms with E-state index in [2.05, 4.69) is 36.8 Å². The van der Waals surface area contributed by atoms with Crippen LogP contribution in [0.4, 0.5) is 0 Å². The van der Waals surface area contributed by atoms with Gasteiger partial charge in [-0.05, 0) is 0 Å². The van der Waals surface area contributed by atoms with Gasteiger partial charge in [0.1, 0.15) is 0 Å². The Morgan fingerprint density at radius 2 is 2.44 bits per heavy atom. The van der Waals surface area contributed by atoms with Gasteiger partial charge in [-0.3, -0.25) is 0 Å². The van der Waals surface area contributed by atoms with Crippen LogP contribution in [0.25, 0.3) is 0 Å². The molecule has 1 rings (SSSR count). The van der Waals surface area contributed by atoms with E-state index in [0.717, 1.165) is 0 Å². The molecule has 0 aromatic heterocycles. The SMILES string of the molecule is [Li][C]1=C(CCC)CC=C1. The minimum atomic E-state index is 1.21. The van der Waals surface area contributed by atoms with Crippen LogP contribution in [0.2, 0.25) is 0 Å². The van der Waals surface area contributed by atoms with Gasteiger partial charge in [0, 0.05) is 0 Å². The van der Waals surface area contributed by atoms with E-state index in [1.807, 2.05) is 0 Å². The van der Waals surface area contributed by atoms with Crippen LogP contribution >= 0.6 is 0 Å². The van der Waals surface area contributed by atoms with Crippen LogP contribution in [0, 0.1) is 0 Å². The molecule has 0 radical (unpaired) electrons. The molecule has 0 N–H and O–H groups in total. The molecule has 0 aliphatic heterocycles. The van der Waals surface area contributed by atoms with Gasteiger partial charge in [-0.25, -0.2) is 0 Å². The van der Waals surface area contributed by atoms with Crippen molar-refractivity contribution in [2.24, 2.45) is 0 Å². The summed E-state index contributed by atoms with van der Waals surface area (Å²) < 4.78 is 1.50. The van der Waals surface area contributed by atoms with Gasteiger partial charge in [0.05, 0.1) is 0 Å². The van der Waals surface area contributed by atoms with Crippen molar-refractivity contribution >= 4 is 17.7 Å². The van der Waals surface area contributed by atoms with Crippen LogP contribution in [0.5, 0.6) is 0 Å². The third-order valence-electron chi connectivity index (χ3n) is 1.84. The first-order chi connectivity index (χ1) is 4.34. The summed E-state index contributed by atoms with van der Waals surface area (Å²) in [7, 11) is 0. The van der Waals surface area contributed by atoms with Gasteiger partial charge in [0.15, 0.2) is 0 Å². The number of rotatable bonds is 2. The molecule has 0 aromatic rings. The molecule has 1 heteroatoms. The van der Waals surface area contributed by atoms with E-state index in [4.69, 9.17) is 0 Å². The first-order valence-electron chi connectivity index (χ1n) is 3.69. The van der Waals surface area contributed by atoms with E-state index in [1.165, 1.54) is 23.5 Å². The first kappa shape index (κ1) is 7.19. The molecular formula is C8H11Li. The van der Waals surface area contributed by atoms with Crippen molar-refractivity contribution in [1.29, 1.82) is 0 Å². The van der Waals surface area contributed by atoms with Crippen molar-refractivity contribution in [3.63, 3.8) is 0 Å². The average Bonchev–Trinajstić information content (AvgIpc) is 2.18. The van der Waals surface area contributed by atoms with Crippen LogP contribution in [-0.4, -0.2) is 17.7 Å². The topological polar surface area (TPSA) is 0 Å². The van der Waals surface area contributed by atoms with Crippen LogP contribution in [0.1, 0.15) is 26.2 Å². The fourth-order valence-corrected chi connectivity index (χ4v) is 1.26. The van der Waals surface area contributed by atoms with Crippen LogP contribution in [0.3, 0.4) is 0 Å². The Morgan fingerprint density at radius 3 is 2.89 bits per heavy atom. The standard InChI is InChI=1S/C8H11.Li/c1-2-5-8-6-3-4-7-8;/h3-4H,2,5-6H2,1H3;. The monoisotopic (exact) mass is 114 g/mol. The molecule has 0 nitrogen and oxygen atoms in total. The van der Waals surface area contributed by atoms with Gasteiger partial charge in [0.2, 0.25) is 0 Å². The molecular weight excluding hydrogens is 103 g/mol. The van der Waals surface area contributed by atoms with Crippen LogP contribution in [-0.2, 0) is 0 Å². The molecule has 0 amide bonds. The van der Waals surface area contributed by atoms with E-state index in [0.29, 0.717) is 0 Å². The van der Waals surface area contributed by atoms with Crippen molar-refractivity contribution in [3.8, 4) is 0 Å². The van der Waals surface area contributed by atoms with Crippen molar-refractivity contribution in [2.75, 3.05) is 0 Å². The van der Waals surface area contributed by atoms with Crippen LogP contribution in [0.15, 0.2) is 22.0 Å². The van der Waals surface area contributed by atoms with Crippen molar-refractivity contribution in [2.45, 2.75) is 26.2 Å². The van der Waals surface area contributed by atoms with E-state index in [9.17, 15) is 0 Å². The van der Waals surface area contributed by atoms with Gasteiger partial charge < -0.3 is 0 Å². The molecule has 0 heterocycles. The third-order valence-corrected chi connectivity index (χ3v) is 1.84. The summed E-state index contributed by atoms with van der Waals surface area (Å²) in [4.78, 5) is 0. The number of hydrogen-bond donors (Lipinski definition) is 0. The van der Waals surface area contributed by atoms with Crippen molar-refractivity contribution < 1.29 is 0 Å². The molecule has 44 valence electrons. The molecule has 0 spiro atoms. The molecule has 9 heavy (non-hydrogen) atoms. The predicted molar refractivity (Wildman–Crippen MR) is 41.4 cm³/mol.